The van der Waals surface area contributed by atoms with E-state index in [1.54, 1.807) is 49.6 Å². The van der Waals surface area contributed by atoms with Crippen molar-refractivity contribution in [3.05, 3.63) is 58.1 Å². The van der Waals surface area contributed by atoms with E-state index in [0.29, 0.717) is 22.3 Å². The number of hydrogen-bond donors (Lipinski definition) is 2. The van der Waals surface area contributed by atoms with Gasteiger partial charge in [-0.1, -0.05) is 12.1 Å². The molecule has 0 spiro atoms. The van der Waals surface area contributed by atoms with Gasteiger partial charge in [-0.15, -0.1) is 0 Å². The van der Waals surface area contributed by atoms with E-state index in [-0.39, 0.29) is 11.7 Å². The molecule has 0 aliphatic heterocycles. The van der Waals surface area contributed by atoms with Gasteiger partial charge in [0.25, 0.3) is 5.91 Å². The number of ether oxygens (including phenoxy) is 1. The second kappa shape index (κ2) is 6.43. The largest absolute Gasteiger partial charge is 0.508 e. The summed E-state index contributed by atoms with van der Waals surface area (Å²) < 4.78 is 5.82. The van der Waals surface area contributed by atoms with Gasteiger partial charge in [0.05, 0.1) is 12.7 Å². The Morgan fingerprint density at radius 1 is 1.25 bits per heavy atom. The minimum atomic E-state index is -0.191. The van der Waals surface area contributed by atoms with E-state index in [1.807, 2.05) is 0 Å². The van der Waals surface area contributed by atoms with Crippen LogP contribution in [0.25, 0.3) is 0 Å². The number of benzene rings is 2. The summed E-state index contributed by atoms with van der Waals surface area (Å²) in [5.41, 5.74) is 1.43. The van der Waals surface area contributed by atoms with Gasteiger partial charge in [0.15, 0.2) is 0 Å². The van der Waals surface area contributed by atoms with E-state index in [9.17, 15) is 9.90 Å². The zero-order valence-corrected chi connectivity index (χ0v) is 12.5. The first kappa shape index (κ1) is 14.4. The molecule has 0 aliphatic carbocycles. The van der Waals surface area contributed by atoms with Gasteiger partial charge in [-0.05, 0) is 51.8 Å². The predicted octanol–water partition coefficient (Wildman–Crippen LogP) is 3.09. The van der Waals surface area contributed by atoms with Crippen molar-refractivity contribution in [1.82, 2.24) is 5.32 Å². The molecule has 0 bridgehead atoms. The average Bonchev–Trinajstić information content (AvgIpc) is 2.47. The maximum Gasteiger partial charge on any atom is 0.252 e. The van der Waals surface area contributed by atoms with Gasteiger partial charge >= 0.3 is 0 Å². The number of nitrogens with one attached hydrogen (secondary N) is 1. The zero-order chi connectivity index (χ0) is 14.5. The molecule has 0 saturated carbocycles. The molecule has 20 heavy (non-hydrogen) atoms. The summed E-state index contributed by atoms with van der Waals surface area (Å²) in [7, 11) is 1.56. The normalized spacial score (nSPS) is 10.1. The van der Waals surface area contributed by atoms with E-state index in [4.69, 9.17) is 4.74 Å². The van der Waals surface area contributed by atoms with Crippen molar-refractivity contribution in [1.29, 1.82) is 0 Å². The number of carbonyl (C=O) groups is 1. The predicted molar refractivity (Wildman–Crippen MR) is 80.0 cm³/mol. The monoisotopic (exact) mass is 335 g/mol. The van der Waals surface area contributed by atoms with Crippen molar-refractivity contribution in [3.63, 3.8) is 0 Å². The lowest BCUT2D eigenvalue weighted by Crippen LogP contribution is -2.23. The number of hydrogen-bond acceptors (Lipinski definition) is 3. The summed E-state index contributed by atoms with van der Waals surface area (Å²) in [6.07, 6.45) is 0. The fraction of sp³-hybridized carbons (Fsp3) is 0.133. The Bertz CT molecular complexity index is 611. The van der Waals surface area contributed by atoms with E-state index in [2.05, 4.69) is 21.2 Å². The summed E-state index contributed by atoms with van der Waals surface area (Å²) >= 11 is 3.35. The molecule has 0 aliphatic rings. The molecule has 0 aromatic heterocycles. The van der Waals surface area contributed by atoms with Gasteiger partial charge in [-0.3, -0.25) is 4.79 Å². The van der Waals surface area contributed by atoms with Gasteiger partial charge in [-0.25, -0.2) is 0 Å². The molecule has 0 atom stereocenters. The molecule has 1 amide bonds. The number of phenols is 1. The second-order valence-corrected chi connectivity index (χ2v) is 5.05. The summed E-state index contributed by atoms with van der Waals surface area (Å²) in [5, 5.41) is 12.0. The summed E-state index contributed by atoms with van der Waals surface area (Å²) in [6.45, 7) is 0.392. The maximum atomic E-state index is 12.1. The number of aromatic hydroxyl groups is 1. The number of phenolic OH excluding ortho intramolecular Hbond substituents is 1. The molecule has 0 heterocycles. The van der Waals surface area contributed by atoms with Crippen molar-refractivity contribution in [2.24, 2.45) is 0 Å². The number of carbonyl (C=O) groups excluding carboxylic acids is 1. The highest BCUT2D eigenvalue weighted by Crippen LogP contribution is 2.22. The topological polar surface area (TPSA) is 58.6 Å². The SMILES string of the molecule is COc1ccc(Br)c(C(=O)NCc2ccc(O)cc2)c1. The molecule has 2 rings (SSSR count). The molecule has 2 aromatic carbocycles. The average molecular weight is 336 g/mol. The van der Waals surface area contributed by atoms with Crippen molar-refractivity contribution >= 4 is 21.8 Å². The molecular weight excluding hydrogens is 322 g/mol. The number of amides is 1. The van der Waals surface area contributed by atoms with Crippen LogP contribution in [0.4, 0.5) is 0 Å². The van der Waals surface area contributed by atoms with Crippen molar-refractivity contribution in [2.75, 3.05) is 7.11 Å². The minimum absolute atomic E-state index is 0.191. The van der Waals surface area contributed by atoms with Crippen LogP contribution in [-0.2, 0) is 6.54 Å². The number of rotatable bonds is 4. The third kappa shape index (κ3) is 3.51. The highest BCUT2D eigenvalue weighted by atomic mass is 79.9. The zero-order valence-electron chi connectivity index (χ0n) is 10.9. The Hall–Kier alpha value is -2.01. The van der Waals surface area contributed by atoms with Crippen molar-refractivity contribution in [2.45, 2.75) is 6.54 Å². The van der Waals surface area contributed by atoms with Gasteiger partial charge in [-0.2, -0.15) is 0 Å². The minimum Gasteiger partial charge on any atom is -0.508 e. The van der Waals surface area contributed by atoms with Crippen molar-refractivity contribution in [3.8, 4) is 11.5 Å². The molecule has 4 nitrogen and oxygen atoms in total. The first-order chi connectivity index (χ1) is 9.60. The van der Waals surface area contributed by atoms with Crippen LogP contribution >= 0.6 is 15.9 Å². The Balaban J connectivity index is 2.06. The third-order valence-electron chi connectivity index (χ3n) is 2.81. The van der Waals surface area contributed by atoms with Crippen LogP contribution in [0.1, 0.15) is 15.9 Å². The van der Waals surface area contributed by atoms with Crippen LogP contribution in [0, 0.1) is 0 Å². The standard InChI is InChI=1S/C15H14BrNO3/c1-20-12-6-7-14(16)13(8-12)15(19)17-9-10-2-4-11(18)5-3-10/h2-8,18H,9H2,1H3,(H,17,19). The van der Waals surface area contributed by atoms with E-state index in [0.717, 1.165) is 5.56 Å². The van der Waals surface area contributed by atoms with E-state index < -0.39 is 0 Å². The fourth-order valence-electron chi connectivity index (χ4n) is 1.70. The molecular formula is C15H14BrNO3. The molecule has 0 fully saturated rings. The van der Waals surface area contributed by atoms with Crippen LogP contribution in [0.5, 0.6) is 11.5 Å². The van der Waals surface area contributed by atoms with Gasteiger partial charge in [0.1, 0.15) is 11.5 Å². The van der Waals surface area contributed by atoms with E-state index >= 15 is 0 Å². The lowest BCUT2D eigenvalue weighted by atomic mass is 10.2. The maximum absolute atomic E-state index is 12.1. The van der Waals surface area contributed by atoms with Crippen LogP contribution in [0.15, 0.2) is 46.9 Å². The molecule has 0 saturated heterocycles. The summed E-state index contributed by atoms with van der Waals surface area (Å²) in [4.78, 5) is 12.1. The van der Waals surface area contributed by atoms with E-state index in [1.165, 1.54) is 0 Å². The molecule has 2 N–H and O–H groups in total. The van der Waals surface area contributed by atoms with Crippen molar-refractivity contribution < 1.29 is 14.6 Å². The van der Waals surface area contributed by atoms with Crippen LogP contribution in [0.3, 0.4) is 0 Å². The van der Waals surface area contributed by atoms with Crippen LogP contribution in [-0.4, -0.2) is 18.1 Å². The molecule has 2 aromatic rings. The highest BCUT2D eigenvalue weighted by Gasteiger charge is 2.11. The first-order valence-corrected chi connectivity index (χ1v) is 6.79. The molecule has 0 radical (unpaired) electrons. The summed E-state index contributed by atoms with van der Waals surface area (Å²) in [6, 6.07) is 11.9. The number of methoxy groups -OCH3 is 1. The Morgan fingerprint density at radius 3 is 2.60 bits per heavy atom. The van der Waals surface area contributed by atoms with Crippen LogP contribution in [0.2, 0.25) is 0 Å². The van der Waals surface area contributed by atoms with Crippen LogP contribution < -0.4 is 10.1 Å². The van der Waals surface area contributed by atoms with Gasteiger partial charge < -0.3 is 15.2 Å². The lowest BCUT2D eigenvalue weighted by Gasteiger charge is -2.09. The fourth-order valence-corrected chi connectivity index (χ4v) is 2.12. The summed E-state index contributed by atoms with van der Waals surface area (Å²) in [5.74, 6) is 0.641. The molecule has 5 heteroatoms. The Morgan fingerprint density at radius 2 is 1.95 bits per heavy atom. The molecule has 0 unspecified atom stereocenters. The lowest BCUT2D eigenvalue weighted by molar-refractivity contribution is 0.0950. The number of halogens is 1. The second-order valence-electron chi connectivity index (χ2n) is 4.19. The third-order valence-corrected chi connectivity index (χ3v) is 3.50. The Labute approximate surface area is 125 Å². The van der Waals surface area contributed by atoms with Gasteiger partial charge in [0.2, 0.25) is 0 Å². The Kier molecular flexibility index (Phi) is 4.63. The molecule has 104 valence electrons. The van der Waals surface area contributed by atoms with Gasteiger partial charge in [0, 0.05) is 11.0 Å². The quantitative estimate of drug-likeness (QED) is 0.902. The first-order valence-electron chi connectivity index (χ1n) is 6.00. The smallest absolute Gasteiger partial charge is 0.252 e. The highest BCUT2D eigenvalue weighted by molar-refractivity contribution is 9.10.